The van der Waals surface area contributed by atoms with Crippen LogP contribution in [0.15, 0.2) is 12.4 Å². The molecule has 90 valence electrons. The lowest BCUT2D eigenvalue weighted by Gasteiger charge is -2.21. The molecule has 16 heavy (non-hydrogen) atoms. The summed E-state index contributed by atoms with van der Waals surface area (Å²) in [6, 6.07) is 0. The lowest BCUT2D eigenvalue weighted by atomic mass is 10.5. The first kappa shape index (κ1) is 13.6. The summed E-state index contributed by atoms with van der Waals surface area (Å²) in [6.07, 6.45) is 3.60. The third-order valence-corrected chi connectivity index (χ3v) is 2.58. The second kappa shape index (κ2) is 7.75. The number of methoxy groups -OCH3 is 2. The van der Waals surface area contributed by atoms with Gasteiger partial charge >= 0.3 is 0 Å². The highest BCUT2D eigenvalue weighted by atomic mass is 127. The number of hydrogen-bond acceptors (Lipinski definition) is 5. The Morgan fingerprint density at radius 1 is 1.12 bits per heavy atom. The summed E-state index contributed by atoms with van der Waals surface area (Å²) in [5, 5.41) is 0. The third kappa shape index (κ3) is 4.58. The molecule has 0 aliphatic heterocycles. The van der Waals surface area contributed by atoms with E-state index in [4.69, 9.17) is 9.47 Å². The van der Waals surface area contributed by atoms with Crippen LogP contribution in [-0.4, -0.2) is 50.5 Å². The van der Waals surface area contributed by atoms with Gasteiger partial charge in [0, 0.05) is 43.3 Å². The van der Waals surface area contributed by atoms with E-state index in [-0.39, 0.29) is 0 Å². The zero-order chi connectivity index (χ0) is 11.8. The fourth-order valence-electron chi connectivity index (χ4n) is 1.18. The van der Waals surface area contributed by atoms with Crippen LogP contribution in [0.4, 0.5) is 5.95 Å². The number of aromatic nitrogens is 2. The largest absolute Gasteiger partial charge is 0.383 e. The van der Waals surface area contributed by atoms with Crippen molar-refractivity contribution >= 4 is 28.5 Å². The Balaban J connectivity index is 2.62. The van der Waals surface area contributed by atoms with Crippen LogP contribution in [0.1, 0.15) is 0 Å². The highest BCUT2D eigenvalue weighted by molar-refractivity contribution is 14.1. The Hall–Kier alpha value is -0.470. The van der Waals surface area contributed by atoms with Gasteiger partial charge in [-0.05, 0) is 22.6 Å². The topological polar surface area (TPSA) is 47.5 Å². The van der Waals surface area contributed by atoms with Gasteiger partial charge in [-0.1, -0.05) is 0 Å². The number of hydrogen-bond donors (Lipinski definition) is 0. The Morgan fingerprint density at radius 3 is 2.06 bits per heavy atom. The van der Waals surface area contributed by atoms with Crippen LogP contribution in [0.3, 0.4) is 0 Å². The Labute approximate surface area is 109 Å². The molecule has 0 aliphatic rings. The van der Waals surface area contributed by atoms with Crippen LogP contribution >= 0.6 is 22.6 Å². The standard InChI is InChI=1S/C10H16IN3O2/c1-15-5-3-14(4-6-16-2)10-12-7-9(11)8-13-10/h7-8H,3-6H2,1-2H3. The van der Waals surface area contributed by atoms with Gasteiger partial charge in [-0.2, -0.15) is 0 Å². The number of rotatable bonds is 7. The Kier molecular flexibility index (Phi) is 6.58. The Bertz CT molecular complexity index is 287. The summed E-state index contributed by atoms with van der Waals surface area (Å²) in [5.41, 5.74) is 0. The maximum atomic E-state index is 5.06. The Morgan fingerprint density at radius 2 is 1.62 bits per heavy atom. The highest BCUT2D eigenvalue weighted by Gasteiger charge is 2.08. The van der Waals surface area contributed by atoms with Crippen LogP contribution in [0.5, 0.6) is 0 Å². The first-order chi connectivity index (χ1) is 7.77. The van der Waals surface area contributed by atoms with Crippen molar-refractivity contribution in [1.82, 2.24) is 9.97 Å². The van der Waals surface area contributed by atoms with Crippen LogP contribution < -0.4 is 4.90 Å². The molecular formula is C10H16IN3O2. The summed E-state index contributed by atoms with van der Waals surface area (Å²) in [7, 11) is 3.37. The van der Waals surface area contributed by atoms with Crippen molar-refractivity contribution in [2.24, 2.45) is 0 Å². The smallest absolute Gasteiger partial charge is 0.225 e. The van der Waals surface area contributed by atoms with Gasteiger partial charge in [0.1, 0.15) is 0 Å². The maximum absolute atomic E-state index is 5.06. The predicted octanol–water partition coefficient (Wildman–Crippen LogP) is 1.18. The van der Waals surface area contributed by atoms with E-state index in [0.717, 1.165) is 22.6 Å². The van der Waals surface area contributed by atoms with E-state index >= 15 is 0 Å². The van der Waals surface area contributed by atoms with Gasteiger partial charge in [0.15, 0.2) is 0 Å². The van der Waals surface area contributed by atoms with Gasteiger partial charge in [0.2, 0.25) is 5.95 Å². The van der Waals surface area contributed by atoms with Gasteiger partial charge in [-0.25, -0.2) is 9.97 Å². The molecule has 1 rings (SSSR count). The van der Waals surface area contributed by atoms with Gasteiger partial charge in [0.25, 0.3) is 0 Å². The molecule has 0 spiro atoms. The third-order valence-electron chi connectivity index (χ3n) is 2.02. The molecule has 0 unspecified atom stereocenters. The van der Waals surface area contributed by atoms with E-state index in [2.05, 4.69) is 32.6 Å². The van der Waals surface area contributed by atoms with Crippen molar-refractivity contribution in [3.63, 3.8) is 0 Å². The molecular weight excluding hydrogens is 321 g/mol. The van der Waals surface area contributed by atoms with Crippen molar-refractivity contribution in [3.05, 3.63) is 16.0 Å². The van der Waals surface area contributed by atoms with Crippen LogP contribution in [0.2, 0.25) is 0 Å². The van der Waals surface area contributed by atoms with E-state index < -0.39 is 0 Å². The van der Waals surface area contributed by atoms with Crippen molar-refractivity contribution in [2.45, 2.75) is 0 Å². The van der Waals surface area contributed by atoms with Gasteiger partial charge in [-0.15, -0.1) is 0 Å². The minimum Gasteiger partial charge on any atom is -0.383 e. The molecule has 6 heteroatoms. The van der Waals surface area contributed by atoms with E-state index in [1.54, 1.807) is 26.6 Å². The molecule has 0 fully saturated rings. The molecule has 1 aromatic rings. The predicted molar refractivity (Wildman–Crippen MR) is 70.7 cm³/mol. The first-order valence-electron chi connectivity index (χ1n) is 4.98. The fourth-order valence-corrected chi connectivity index (χ4v) is 1.46. The zero-order valence-corrected chi connectivity index (χ0v) is 11.7. The average molecular weight is 337 g/mol. The molecule has 0 radical (unpaired) electrons. The van der Waals surface area contributed by atoms with Gasteiger partial charge < -0.3 is 14.4 Å². The molecule has 1 aromatic heterocycles. The maximum Gasteiger partial charge on any atom is 0.225 e. The molecule has 1 heterocycles. The van der Waals surface area contributed by atoms with Crippen LogP contribution in [-0.2, 0) is 9.47 Å². The van der Waals surface area contributed by atoms with Crippen LogP contribution in [0, 0.1) is 3.57 Å². The van der Waals surface area contributed by atoms with E-state index in [1.807, 2.05) is 4.90 Å². The monoisotopic (exact) mass is 337 g/mol. The van der Waals surface area contributed by atoms with E-state index in [1.165, 1.54) is 0 Å². The molecule has 0 saturated heterocycles. The molecule has 0 N–H and O–H groups in total. The zero-order valence-electron chi connectivity index (χ0n) is 9.52. The molecule has 0 atom stereocenters. The number of halogens is 1. The van der Waals surface area contributed by atoms with Crippen molar-refractivity contribution in [2.75, 3.05) is 45.4 Å². The SMILES string of the molecule is COCCN(CCOC)c1ncc(I)cn1. The first-order valence-corrected chi connectivity index (χ1v) is 6.06. The van der Waals surface area contributed by atoms with Crippen molar-refractivity contribution in [3.8, 4) is 0 Å². The molecule has 0 bridgehead atoms. The number of anilines is 1. The van der Waals surface area contributed by atoms with E-state index in [9.17, 15) is 0 Å². The average Bonchev–Trinajstić information content (AvgIpc) is 2.31. The second-order valence-corrected chi connectivity index (χ2v) is 4.42. The summed E-state index contributed by atoms with van der Waals surface area (Å²) < 4.78 is 11.1. The molecule has 0 amide bonds. The minimum absolute atomic E-state index is 0.652. The molecule has 5 nitrogen and oxygen atoms in total. The van der Waals surface area contributed by atoms with Gasteiger partial charge in [-0.3, -0.25) is 0 Å². The lowest BCUT2D eigenvalue weighted by Crippen LogP contribution is -2.32. The summed E-state index contributed by atoms with van der Waals surface area (Å²) in [6.45, 7) is 2.83. The number of ether oxygens (including phenoxy) is 2. The summed E-state index contributed by atoms with van der Waals surface area (Å²) >= 11 is 2.18. The van der Waals surface area contributed by atoms with E-state index in [0.29, 0.717) is 13.2 Å². The van der Waals surface area contributed by atoms with Gasteiger partial charge in [0.05, 0.1) is 13.2 Å². The lowest BCUT2D eigenvalue weighted by molar-refractivity contribution is 0.189. The number of nitrogens with zero attached hydrogens (tertiary/aromatic N) is 3. The fraction of sp³-hybridized carbons (Fsp3) is 0.600. The molecule has 0 saturated carbocycles. The molecule has 0 aliphatic carbocycles. The van der Waals surface area contributed by atoms with Crippen molar-refractivity contribution in [1.29, 1.82) is 0 Å². The highest BCUT2D eigenvalue weighted by Crippen LogP contribution is 2.08. The van der Waals surface area contributed by atoms with Crippen molar-refractivity contribution < 1.29 is 9.47 Å². The normalized spacial score (nSPS) is 10.4. The summed E-state index contributed by atoms with van der Waals surface area (Å²) in [4.78, 5) is 10.6. The molecule has 0 aromatic carbocycles. The quantitative estimate of drug-likeness (QED) is 0.700. The van der Waals surface area contributed by atoms with Crippen LogP contribution in [0.25, 0.3) is 0 Å². The summed E-state index contributed by atoms with van der Waals surface area (Å²) in [5.74, 6) is 0.717. The minimum atomic E-state index is 0.652. The second-order valence-electron chi connectivity index (χ2n) is 3.17.